The maximum absolute atomic E-state index is 12.2. The molecule has 2 N–H and O–H groups in total. The van der Waals surface area contributed by atoms with Crippen molar-refractivity contribution in [1.29, 1.82) is 0 Å². The molecule has 130 valence electrons. The Hall–Kier alpha value is -1.95. The molecule has 0 saturated carbocycles. The summed E-state index contributed by atoms with van der Waals surface area (Å²) in [5.74, 6) is 0.954. The number of aryl methyl sites for hydroxylation is 1. The van der Waals surface area contributed by atoms with Gasteiger partial charge in [0.05, 0.1) is 6.20 Å². The van der Waals surface area contributed by atoms with E-state index in [4.69, 9.17) is 0 Å². The first-order valence-electron chi connectivity index (χ1n) is 8.11. The number of urea groups is 1. The van der Waals surface area contributed by atoms with Crippen LogP contribution >= 0.6 is 11.8 Å². The van der Waals surface area contributed by atoms with Gasteiger partial charge in [0.1, 0.15) is 0 Å². The standard InChI is InChI=1S/C18H26N4OS/c1-12(2)24-11-15-7-6-8-17(13(15)3)21-18(23)19-9-16-10-20-22(5)14(16)4/h6-8,10,12H,9,11H2,1-5H3,(H2,19,21,23). The maximum atomic E-state index is 12.2. The molecule has 24 heavy (non-hydrogen) atoms. The van der Waals surface area contributed by atoms with E-state index >= 15 is 0 Å². The third-order valence-corrected chi connectivity index (χ3v) is 5.19. The SMILES string of the molecule is Cc1c(CSC(C)C)cccc1NC(=O)NCc1cnn(C)c1C. The Bertz CT molecular complexity index is 709. The summed E-state index contributed by atoms with van der Waals surface area (Å²) in [5.41, 5.74) is 5.32. The van der Waals surface area contributed by atoms with Crippen LogP contribution in [0.15, 0.2) is 24.4 Å². The highest BCUT2D eigenvalue weighted by atomic mass is 32.2. The summed E-state index contributed by atoms with van der Waals surface area (Å²) >= 11 is 1.90. The van der Waals surface area contributed by atoms with Gasteiger partial charge in [0.15, 0.2) is 0 Å². The van der Waals surface area contributed by atoms with Crippen molar-refractivity contribution in [2.75, 3.05) is 5.32 Å². The van der Waals surface area contributed by atoms with Crippen molar-refractivity contribution in [2.24, 2.45) is 7.05 Å². The molecule has 6 heteroatoms. The van der Waals surface area contributed by atoms with E-state index < -0.39 is 0 Å². The molecule has 1 aromatic heterocycles. The van der Waals surface area contributed by atoms with Crippen LogP contribution in [0.2, 0.25) is 0 Å². The Kier molecular flexibility index (Phi) is 6.31. The van der Waals surface area contributed by atoms with Gasteiger partial charge in [-0.05, 0) is 36.3 Å². The highest BCUT2D eigenvalue weighted by molar-refractivity contribution is 7.99. The van der Waals surface area contributed by atoms with Crippen LogP contribution in [0.1, 0.15) is 36.2 Å². The van der Waals surface area contributed by atoms with Gasteiger partial charge in [-0.2, -0.15) is 16.9 Å². The lowest BCUT2D eigenvalue weighted by Crippen LogP contribution is -2.28. The summed E-state index contributed by atoms with van der Waals surface area (Å²) in [6.45, 7) is 8.89. The lowest BCUT2D eigenvalue weighted by molar-refractivity contribution is 0.251. The fourth-order valence-electron chi connectivity index (χ4n) is 2.29. The first-order valence-corrected chi connectivity index (χ1v) is 9.15. The number of hydrogen-bond donors (Lipinski definition) is 2. The number of anilines is 1. The number of nitrogens with zero attached hydrogens (tertiary/aromatic N) is 2. The Morgan fingerprint density at radius 1 is 1.29 bits per heavy atom. The van der Waals surface area contributed by atoms with Crippen molar-refractivity contribution < 1.29 is 4.79 Å². The minimum absolute atomic E-state index is 0.199. The van der Waals surface area contributed by atoms with Crippen LogP contribution in [0.5, 0.6) is 0 Å². The number of rotatable bonds is 6. The van der Waals surface area contributed by atoms with Crippen molar-refractivity contribution >= 4 is 23.5 Å². The van der Waals surface area contributed by atoms with Gasteiger partial charge in [-0.1, -0.05) is 26.0 Å². The van der Waals surface area contributed by atoms with Crippen molar-refractivity contribution in [1.82, 2.24) is 15.1 Å². The molecule has 0 atom stereocenters. The second kappa shape index (κ2) is 8.24. The number of amides is 2. The molecule has 0 saturated heterocycles. The van der Waals surface area contributed by atoms with Crippen molar-refractivity contribution in [3.8, 4) is 0 Å². The minimum Gasteiger partial charge on any atom is -0.334 e. The van der Waals surface area contributed by atoms with Crippen LogP contribution in [-0.4, -0.2) is 21.1 Å². The molecule has 0 bridgehead atoms. The second-order valence-electron chi connectivity index (χ2n) is 6.14. The van der Waals surface area contributed by atoms with Gasteiger partial charge in [0, 0.05) is 36.3 Å². The normalized spacial score (nSPS) is 10.9. The molecule has 0 aliphatic carbocycles. The fraction of sp³-hybridized carbons (Fsp3) is 0.444. The van der Waals surface area contributed by atoms with Gasteiger partial charge in [-0.25, -0.2) is 4.79 Å². The number of hydrogen-bond acceptors (Lipinski definition) is 3. The van der Waals surface area contributed by atoms with Crippen LogP contribution in [0.25, 0.3) is 0 Å². The monoisotopic (exact) mass is 346 g/mol. The number of carbonyl (C=O) groups is 1. The molecule has 2 amide bonds. The van der Waals surface area contributed by atoms with Crippen LogP contribution in [0.4, 0.5) is 10.5 Å². The molecular formula is C18H26N4OS. The number of benzene rings is 1. The summed E-state index contributed by atoms with van der Waals surface area (Å²) in [4.78, 5) is 12.2. The lowest BCUT2D eigenvalue weighted by atomic mass is 10.1. The number of aromatic nitrogens is 2. The summed E-state index contributed by atoms with van der Waals surface area (Å²) < 4.78 is 1.80. The molecule has 1 aromatic carbocycles. The molecule has 5 nitrogen and oxygen atoms in total. The second-order valence-corrected chi connectivity index (χ2v) is 7.70. The molecule has 0 spiro atoms. The zero-order valence-electron chi connectivity index (χ0n) is 15.0. The Morgan fingerprint density at radius 2 is 2.04 bits per heavy atom. The van der Waals surface area contributed by atoms with Gasteiger partial charge in [0.2, 0.25) is 0 Å². The minimum atomic E-state index is -0.199. The van der Waals surface area contributed by atoms with Crippen molar-refractivity contribution in [3.05, 3.63) is 46.8 Å². The zero-order chi connectivity index (χ0) is 17.7. The van der Waals surface area contributed by atoms with E-state index in [9.17, 15) is 4.79 Å². The number of thioether (sulfide) groups is 1. The first-order chi connectivity index (χ1) is 11.4. The van der Waals surface area contributed by atoms with Crippen LogP contribution in [0.3, 0.4) is 0 Å². The highest BCUT2D eigenvalue weighted by Crippen LogP contribution is 2.24. The molecule has 0 aliphatic heterocycles. The van der Waals surface area contributed by atoms with Crippen LogP contribution in [-0.2, 0) is 19.3 Å². The van der Waals surface area contributed by atoms with E-state index in [1.807, 2.05) is 37.9 Å². The Labute approximate surface area is 148 Å². The number of carbonyl (C=O) groups excluding carboxylic acids is 1. The summed E-state index contributed by atoms with van der Waals surface area (Å²) in [6, 6.07) is 5.85. The van der Waals surface area contributed by atoms with Gasteiger partial charge in [-0.15, -0.1) is 0 Å². The van der Waals surface area contributed by atoms with E-state index in [0.717, 1.165) is 28.3 Å². The van der Waals surface area contributed by atoms with Gasteiger partial charge in [0.25, 0.3) is 0 Å². The zero-order valence-corrected chi connectivity index (χ0v) is 15.8. The molecule has 1 heterocycles. The van der Waals surface area contributed by atoms with Crippen molar-refractivity contribution in [2.45, 2.75) is 45.2 Å². The molecule has 0 unspecified atom stereocenters. The van der Waals surface area contributed by atoms with E-state index in [-0.39, 0.29) is 6.03 Å². The summed E-state index contributed by atoms with van der Waals surface area (Å²) in [7, 11) is 1.89. The summed E-state index contributed by atoms with van der Waals surface area (Å²) in [5, 5.41) is 10.6. The van der Waals surface area contributed by atoms with Crippen LogP contribution < -0.4 is 10.6 Å². The van der Waals surface area contributed by atoms with Crippen LogP contribution in [0, 0.1) is 13.8 Å². The first kappa shape index (κ1) is 18.4. The van der Waals surface area contributed by atoms with Gasteiger partial charge < -0.3 is 10.6 Å². The molecule has 0 fully saturated rings. The lowest BCUT2D eigenvalue weighted by Gasteiger charge is -2.14. The molecule has 2 rings (SSSR count). The quantitative estimate of drug-likeness (QED) is 0.831. The van der Waals surface area contributed by atoms with E-state index in [1.165, 1.54) is 5.56 Å². The molecular weight excluding hydrogens is 320 g/mol. The van der Waals surface area contributed by atoms with E-state index in [1.54, 1.807) is 10.9 Å². The Balaban J connectivity index is 1.96. The smallest absolute Gasteiger partial charge is 0.319 e. The molecule has 2 aromatic rings. The highest BCUT2D eigenvalue weighted by Gasteiger charge is 2.09. The predicted molar refractivity (Wildman–Crippen MR) is 101 cm³/mol. The third-order valence-electron chi connectivity index (χ3n) is 4.04. The fourth-order valence-corrected chi connectivity index (χ4v) is 3.12. The molecule has 0 aliphatic rings. The number of nitrogens with one attached hydrogen (secondary N) is 2. The van der Waals surface area contributed by atoms with Gasteiger partial charge in [-0.3, -0.25) is 4.68 Å². The topological polar surface area (TPSA) is 59.0 Å². The largest absolute Gasteiger partial charge is 0.334 e. The predicted octanol–water partition coefficient (Wildman–Crippen LogP) is 4.00. The van der Waals surface area contributed by atoms with E-state index in [2.05, 4.69) is 42.6 Å². The maximum Gasteiger partial charge on any atom is 0.319 e. The Morgan fingerprint density at radius 3 is 2.67 bits per heavy atom. The van der Waals surface area contributed by atoms with Gasteiger partial charge >= 0.3 is 6.03 Å². The third kappa shape index (κ3) is 4.77. The summed E-state index contributed by atoms with van der Waals surface area (Å²) in [6.07, 6.45) is 1.78. The van der Waals surface area contributed by atoms with E-state index in [0.29, 0.717) is 11.8 Å². The molecule has 0 radical (unpaired) electrons. The average molecular weight is 347 g/mol. The average Bonchev–Trinajstić information content (AvgIpc) is 2.85. The van der Waals surface area contributed by atoms with Crippen molar-refractivity contribution in [3.63, 3.8) is 0 Å².